The highest BCUT2D eigenvalue weighted by Crippen LogP contribution is 2.23. The molecule has 0 saturated carbocycles. The molecular formula is C15H21NO5S. The van der Waals surface area contributed by atoms with E-state index in [0.29, 0.717) is 12.2 Å². The van der Waals surface area contributed by atoms with Crippen molar-refractivity contribution >= 4 is 15.7 Å². The van der Waals surface area contributed by atoms with E-state index in [0.717, 1.165) is 5.75 Å². The van der Waals surface area contributed by atoms with Crippen molar-refractivity contribution in [2.75, 3.05) is 25.2 Å². The second kappa shape index (κ2) is 6.56. The van der Waals surface area contributed by atoms with E-state index in [1.165, 1.54) is 0 Å². The average molecular weight is 327 g/mol. The number of methoxy groups -OCH3 is 1. The van der Waals surface area contributed by atoms with Crippen molar-refractivity contribution in [1.29, 1.82) is 0 Å². The molecule has 1 saturated heterocycles. The van der Waals surface area contributed by atoms with Crippen LogP contribution in [0.15, 0.2) is 24.3 Å². The van der Waals surface area contributed by atoms with E-state index >= 15 is 0 Å². The summed E-state index contributed by atoms with van der Waals surface area (Å²) in [6.07, 6.45) is 0.641. The van der Waals surface area contributed by atoms with Crippen LogP contribution in [0.2, 0.25) is 0 Å². The van der Waals surface area contributed by atoms with E-state index in [9.17, 15) is 13.2 Å². The van der Waals surface area contributed by atoms with Gasteiger partial charge in [0.25, 0.3) is 0 Å². The van der Waals surface area contributed by atoms with E-state index in [1.54, 1.807) is 38.3 Å². The fourth-order valence-electron chi connectivity index (χ4n) is 2.44. The van der Waals surface area contributed by atoms with Crippen LogP contribution in [0.1, 0.15) is 19.8 Å². The Labute approximate surface area is 130 Å². The molecule has 1 fully saturated rings. The molecule has 122 valence electrons. The fraction of sp³-hybridized carbons (Fsp3) is 0.533. The van der Waals surface area contributed by atoms with Crippen molar-refractivity contribution in [3.63, 3.8) is 0 Å². The topological polar surface area (TPSA) is 81.7 Å². The molecule has 1 aliphatic heterocycles. The zero-order chi connectivity index (χ0) is 16.2. The Morgan fingerprint density at radius 1 is 1.27 bits per heavy atom. The predicted octanol–water partition coefficient (Wildman–Crippen LogP) is 1.16. The quantitative estimate of drug-likeness (QED) is 0.848. The molecule has 1 heterocycles. The zero-order valence-corrected chi connectivity index (χ0v) is 13.6. The van der Waals surface area contributed by atoms with Crippen molar-refractivity contribution in [1.82, 2.24) is 5.32 Å². The highest BCUT2D eigenvalue weighted by Gasteiger charge is 2.39. The maximum absolute atomic E-state index is 11.9. The number of rotatable bonds is 6. The third-order valence-electron chi connectivity index (χ3n) is 3.60. The van der Waals surface area contributed by atoms with Gasteiger partial charge in [0.05, 0.1) is 37.2 Å². The number of ether oxygens (including phenoxy) is 2. The van der Waals surface area contributed by atoms with Crippen molar-refractivity contribution in [3.8, 4) is 11.5 Å². The SMILES string of the molecule is COc1ccc(OCCC(=O)N[C@@]2(C)CCS(=O)(=O)C2)cc1. The van der Waals surface area contributed by atoms with Crippen LogP contribution in [0.5, 0.6) is 11.5 Å². The standard InChI is InChI=1S/C15H21NO5S/c1-15(8-10-22(18,19)11-15)16-14(17)7-9-21-13-5-3-12(20-2)4-6-13/h3-6H,7-11H2,1-2H3,(H,16,17)/t15-/m0/s1. The number of carbonyl (C=O) groups excluding carboxylic acids is 1. The first-order valence-electron chi connectivity index (χ1n) is 7.10. The average Bonchev–Trinajstić information content (AvgIpc) is 2.73. The summed E-state index contributed by atoms with van der Waals surface area (Å²) in [4.78, 5) is 11.9. The van der Waals surface area contributed by atoms with Gasteiger partial charge in [0, 0.05) is 0 Å². The summed E-state index contributed by atoms with van der Waals surface area (Å²) in [5.41, 5.74) is -0.657. The van der Waals surface area contributed by atoms with Crippen LogP contribution in [0, 0.1) is 0 Å². The van der Waals surface area contributed by atoms with Crippen LogP contribution in [-0.4, -0.2) is 45.1 Å². The van der Waals surface area contributed by atoms with E-state index in [4.69, 9.17) is 9.47 Å². The Balaban J connectivity index is 1.76. The lowest BCUT2D eigenvalue weighted by Crippen LogP contribution is -2.47. The van der Waals surface area contributed by atoms with Gasteiger partial charge in [-0.2, -0.15) is 0 Å². The van der Waals surface area contributed by atoms with Crippen molar-refractivity contribution in [2.45, 2.75) is 25.3 Å². The Bertz CT molecular complexity index is 626. The summed E-state index contributed by atoms with van der Waals surface area (Å²) in [7, 11) is -1.44. The molecule has 0 bridgehead atoms. The second-order valence-electron chi connectivity index (χ2n) is 5.72. The van der Waals surface area contributed by atoms with Gasteiger partial charge in [0.2, 0.25) is 5.91 Å². The normalized spacial score (nSPS) is 23.0. The van der Waals surface area contributed by atoms with Crippen LogP contribution in [0.3, 0.4) is 0 Å². The molecule has 0 aliphatic carbocycles. The molecule has 6 nitrogen and oxygen atoms in total. The molecule has 0 aromatic heterocycles. The van der Waals surface area contributed by atoms with Gasteiger partial charge in [0.15, 0.2) is 9.84 Å². The second-order valence-corrected chi connectivity index (χ2v) is 7.91. The minimum atomic E-state index is -3.03. The summed E-state index contributed by atoms with van der Waals surface area (Å²) < 4.78 is 33.5. The predicted molar refractivity (Wildman–Crippen MR) is 82.9 cm³/mol. The lowest BCUT2D eigenvalue weighted by Gasteiger charge is -2.23. The Morgan fingerprint density at radius 3 is 2.45 bits per heavy atom. The molecule has 2 rings (SSSR count). The Kier molecular flexibility index (Phi) is 4.95. The number of hydrogen-bond acceptors (Lipinski definition) is 5. The minimum Gasteiger partial charge on any atom is -0.497 e. The summed E-state index contributed by atoms with van der Waals surface area (Å²) in [6, 6.07) is 7.09. The maximum Gasteiger partial charge on any atom is 0.223 e. The van der Waals surface area contributed by atoms with E-state index in [2.05, 4.69) is 5.32 Å². The first kappa shape index (κ1) is 16.6. The van der Waals surface area contributed by atoms with Crippen LogP contribution in [-0.2, 0) is 14.6 Å². The monoisotopic (exact) mass is 327 g/mol. The van der Waals surface area contributed by atoms with E-state index in [-0.39, 0.29) is 30.4 Å². The number of carbonyl (C=O) groups is 1. The number of benzene rings is 1. The van der Waals surface area contributed by atoms with Gasteiger partial charge in [0.1, 0.15) is 11.5 Å². The van der Waals surface area contributed by atoms with Crippen LogP contribution >= 0.6 is 0 Å². The third kappa shape index (κ3) is 4.62. The number of sulfone groups is 1. The van der Waals surface area contributed by atoms with Crippen molar-refractivity contribution in [3.05, 3.63) is 24.3 Å². The van der Waals surface area contributed by atoms with Crippen LogP contribution in [0.25, 0.3) is 0 Å². The van der Waals surface area contributed by atoms with Gasteiger partial charge >= 0.3 is 0 Å². The van der Waals surface area contributed by atoms with Crippen molar-refractivity contribution < 1.29 is 22.7 Å². The molecule has 7 heteroatoms. The smallest absolute Gasteiger partial charge is 0.223 e. The molecule has 1 atom stereocenters. The number of nitrogens with one attached hydrogen (secondary N) is 1. The summed E-state index contributed by atoms with van der Waals surface area (Å²) in [5.74, 6) is 1.33. The molecular weight excluding hydrogens is 306 g/mol. The van der Waals surface area contributed by atoms with Crippen LogP contribution < -0.4 is 14.8 Å². The van der Waals surface area contributed by atoms with Crippen molar-refractivity contribution in [2.24, 2.45) is 0 Å². The molecule has 0 unspecified atom stereocenters. The first-order chi connectivity index (χ1) is 10.3. The molecule has 1 amide bonds. The first-order valence-corrected chi connectivity index (χ1v) is 8.92. The fourth-order valence-corrected chi connectivity index (χ4v) is 4.53. The molecule has 0 spiro atoms. The summed E-state index contributed by atoms with van der Waals surface area (Å²) in [6.45, 7) is 2.00. The third-order valence-corrected chi connectivity index (χ3v) is 5.50. The van der Waals surface area contributed by atoms with E-state index in [1.807, 2.05) is 0 Å². The molecule has 1 N–H and O–H groups in total. The highest BCUT2D eigenvalue weighted by atomic mass is 32.2. The zero-order valence-electron chi connectivity index (χ0n) is 12.8. The lowest BCUT2D eigenvalue weighted by molar-refractivity contribution is -0.123. The number of amides is 1. The van der Waals surface area contributed by atoms with Gasteiger partial charge in [-0.15, -0.1) is 0 Å². The minimum absolute atomic E-state index is 0.00504. The lowest BCUT2D eigenvalue weighted by atomic mass is 10.0. The van der Waals surface area contributed by atoms with Gasteiger partial charge < -0.3 is 14.8 Å². The summed E-state index contributed by atoms with van der Waals surface area (Å²) in [5, 5.41) is 2.80. The van der Waals surface area contributed by atoms with Gasteiger partial charge in [-0.25, -0.2) is 8.42 Å². The molecule has 22 heavy (non-hydrogen) atoms. The summed E-state index contributed by atoms with van der Waals surface area (Å²) >= 11 is 0. The van der Waals surface area contributed by atoms with Gasteiger partial charge in [-0.3, -0.25) is 4.79 Å². The largest absolute Gasteiger partial charge is 0.497 e. The van der Waals surface area contributed by atoms with Gasteiger partial charge in [-0.1, -0.05) is 0 Å². The maximum atomic E-state index is 11.9. The molecule has 0 radical (unpaired) electrons. The Morgan fingerprint density at radius 2 is 1.91 bits per heavy atom. The molecule has 1 aliphatic rings. The molecule has 1 aromatic rings. The Hall–Kier alpha value is -1.76. The number of hydrogen-bond donors (Lipinski definition) is 1. The molecule has 1 aromatic carbocycles. The highest BCUT2D eigenvalue weighted by molar-refractivity contribution is 7.91. The van der Waals surface area contributed by atoms with Crippen LogP contribution in [0.4, 0.5) is 0 Å². The van der Waals surface area contributed by atoms with E-state index < -0.39 is 15.4 Å². The van der Waals surface area contributed by atoms with Gasteiger partial charge in [-0.05, 0) is 37.6 Å².